The van der Waals surface area contributed by atoms with E-state index in [-0.39, 0.29) is 6.03 Å². The molecule has 1 heterocycles. The lowest BCUT2D eigenvalue weighted by atomic mass is 10.1. The first-order chi connectivity index (χ1) is 11.1. The fraction of sp³-hybridized carbons (Fsp3) is 0.611. The number of methoxy groups -OCH3 is 1. The summed E-state index contributed by atoms with van der Waals surface area (Å²) in [6, 6.07) is 7.43. The molecule has 0 radical (unpaired) electrons. The van der Waals surface area contributed by atoms with Crippen molar-refractivity contribution in [1.29, 1.82) is 0 Å². The topological polar surface area (TPSA) is 44.8 Å². The summed E-state index contributed by atoms with van der Waals surface area (Å²) in [5, 5.41) is 2.95. The number of hydrogen-bond donors (Lipinski definition) is 1. The number of benzene rings is 1. The summed E-state index contributed by atoms with van der Waals surface area (Å²) in [6.07, 6.45) is 2.52. The molecule has 1 fully saturated rings. The van der Waals surface area contributed by atoms with Gasteiger partial charge in [-0.15, -0.1) is 0 Å². The van der Waals surface area contributed by atoms with Gasteiger partial charge in [0, 0.05) is 37.9 Å². The molecule has 0 aliphatic carbocycles. The van der Waals surface area contributed by atoms with Crippen LogP contribution in [-0.2, 0) is 0 Å². The van der Waals surface area contributed by atoms with E-state index in [1.165, 1.54) is 12.8 Å². The van der Waals surface area contributed by atoms with E-state index in [2.05, 4.69) is 24.1 Å². The number of nitrogens with zero attached hydrogens (tertiary/aromatic N) is 2. The summed E-state index contributed by atoms with van der Waals surface area (Å²) in [7, 11) is 1.62. The largest absolute Gasteiger partial charge is 0.497 e. The van der Waals surface area contributed by atoms with Gasteiger partial charge in [-0.1, -0.05) is 19.9 Å². The first kappa shape index (κ1) is 17.6. The molecular formula is C18H29N3O2. The van der Waals surface area contributed by atoms with Crippen LogP contribution in [0.25, 0.3) is 0 Å². The highest BCUT2D eigenvalue weighted by Crippen LogP contribution is 2.17. The molecule has 0 atom stereocenters. The lowest BCUT2D eigenvalue weighted by Crippen LogP contribution is -2.50. The summed E-state index contributed by atoms with van der Waals surface area (Å²) in [6.45, 7) is 9.17. The molecule has 0 aromatic heterocycles. The molecule has 2 rings (SSSR count). The Labute approximate surface area is 139 Å². The highest BCUT2D eigenvalue weighted by Gasteiger charge is 2.20. The lowest BCUT2D eigenvalue weighted by molar-refractivity contribution is 0.145. The fourth-order valence-corrected chi connectivity index (χ4v) is 2.80. The molecule has 23 heavy (non-hydrogen) atoms. The van der Waals surface area contributed by atoms with Crippen LogP contribution in [0, 0.1) is 5.92 Å². The number of urea groups is 1. The van der Waals surface area contributed by atoms with Crippen LogP contribution in [0.3, 0.4) is 0 Å². The minimum atomic E-state index is -0.0277. The summed E-state index contributed by atoms with van der Waals surface area (Å²) in [5.74, 6) is 1.52. The van der Waals surface area contributed by atoms with E-state index < -0.39 is 0 Å². The second-order valence-electron chi connectivity index (χ2n) is 6.53. The summed E-state index contributed by atoms with van der Waals surface area (Å²) in [4.78, 5) is 16.7. The highest BCUT2D eigenvalue weighted by atomic mass is 16.5. The minimum Gasteiger partial charge on any atom is -0.497 e. The van der Waals surface area contributed by atoms with Crippen LogP contribution in [0.5, 0.6) is 5.75 Å². The monoisotopic (exact) mass is 319 g/mol. The Morgan fingerprint density at radius 3 is 2.65 bits per heavy atom. The Morgan fingerprint density at radius 1 is 1.26 bits per heavy atom. The van der Waals surface area contributed by atoms with Gasteiger partial charge in [-0.25, -0.2) is 4.79 Å². The van der Waals surface area contributed by atoms with Gasteiger partial charge in [0.2, 0.25) is 0 Å². The van der Waals surface area contributed by atoms with Crippen LogP contribution < -0.4 is 10.1 Å². The van der Waals surface area contributed by atoms with Crippen molar-refractivity contribution in [2.45, 2.75) is 26.7 Å². The Bertz CT molecular complexity index is 497. The molecule has 0 spiro atoms. The van der Waals surface area contributed by atoms with E-state index in [0.717, 1.165) is 50.1 Å². The standard InChI is InChI=1S/C18H29N3O2/c1-15(2)6-5-9-20-10-12-21(13-11-20)18(22)19-16-7-4-8-17(14-16)23-3/h4,7-8,14-15H,5-6,9-13H2,1-3H3,(H,19,22). The second-order valence-corrected chi connectivity index (χ2v) is 6.53. The number of nitrogens with one attached hydrogen (secondary N) is 1. The van der Waals surface area contributed by atoms with Crippen molar-refractivity contribution < 1.29 is 9.53 Å². The van der Waals surface area contributed by atoms with Gasteiger partial charge in [-0.3, -0.25) is 4.90 Å². The molecule has 0 bridgehead atoms. The van der Waals surface area contributed by atoms with Crippen molar-refractivity contribution in [3.63, 3.8) is 0 Å². The molecule has 1 aromatic carbocycles. The molecule has 1 aliphatic rings. The number of carbonyl (C=O) groups excluding carboxylic acids is 1. The number of amides is 2. The molecule has 5 heteroatoms. The lowest BCUT2D eigenvalue weighted by Gasteiger charge is -2.34. The molecule has 0 saturated carbocycles. The zero-order valence-corrected chi connectivity index (χ0v) is 14.5. The average Bonchev–Trinajstić information content (AvgIpc) is 2.55. The zero-order valence-electron chi connectivity index (χ0n) is 14.5. The maximum Gasteiger partial charge on any atom is 0.321 e. The Morgan fingerprint density at radius 2 is 2.00 bits per heavy atom. The van der Waals surface area contributed by atoms with E-state index in [9.17, 15) is 4.79 Å². The highest BCUT2D eigenvalue weighted by molar-refractivity contribution is 5.89. The van der Waals surface area contributed by atoms with Gasteiger partial charge in [0.25, 0.3) is 0 Å². The summed E-state index contributed by atoms with van der Waals surface area (Å²) in [5.41, 5.74) is 0.772. The maximum atomic E-state index is 12.3. The van der Waals surface area contributed by atoms with Gasteiger partial charge < -0.3 is 15.0 Å². The summed E-state index contributed by atoms with van der Waals surface area (Å²) < 4.78 is 5.18. The van der Waals surface area contributed by atoms with Crippen LogP contribution in [0.15, 0.2) is 24.3 Å². The molecule has 128 valence electrons. The SMILES string of the molecule is COc1cccc(NC(=O)N2CCN(CCCC(C)C)CC2)c1. The van der Waals surface area contributed by atoms with Crippen molar-refractivity contribution in [3.05, 3.63) is 24.3 Å². The Balaban J connectivity index is 1.75. The first-order valence-corrected chi connectivity index (χ1v) is 8.51. The van der Waals surface area contributed by atoms with Crippen molar-refractivity contribution in [2.24, 2.45) is 5.92 Å². The van der Waals surface area contributed by atoms with Crippen LogP contribution in [0.4, 0.5) is 10.5 Å². The van der Waals surface area contributed by atoms with Crippen molar-refractivity contribution in [3.8, 4) is 5.75 Å². The number of anilines is 1. The smallest absolute Gasteiger partial charge is 0.321 e. The Kier molecular flexibility index (Phi) is 6.71. The average molecular weight is 319 g/mol. The third-order valence-corrected chi connectivity index (χ3v) is 4.24. The van der Waals surface area contributed by atoms with Gasteiger partial charge in [0.05, 0.1) is 7.11 Å². The third kappa shape index (κ3) is 5.75. The third-order valence-electron chi connectivity index (χ3n) is 4.24. The van der Waals surface area contributed by atoms with E-state index in [0.29, 0.717) is 0 Å². The van der Waals surface area contributed by atoms with E-state index in [4.69, 9.17) is 4.74 Å². The van der Waals surface area contributed by atoms with Gasteiger partial charge in [0.15, 0.2) is 0 Å². The molecular weight excluding hydrogens is 290 g/mol. The number of carbonyl (C=O) groups is 1. The van der Waals surface area contributed by atoms with Gasteiger partial charge in [0.1, 0.15) is 5.75 Å². The first-order valence-electron chi connectivity index (χ1n) is 8.51. The van der Waals surface area contributed by atoms with Crippen molar-refractivity contribution in [2.75, 3.05) is 45.2 Å². The minimum absolute atomic E-state index is 0.0277. The molecule has 2 amide bonds. The predicted octanol–water partition coefficient (Wildman–Crippen LogP) is 3.28. The fourth-order valence-electron chi connectivity index (χ4n) is 2.80. The van der Waals surface area contributed by atoms with Gasteiger partial charge >= 0.3 is 6.03 Å². The molecule has 0 unspecified atom stereocenters. The van der Waals surface area contributed by atoms with E-state index >= 15 is 0 Å². The number of hydrogen-bond acceptors (Lipinski definition) is 3. The van der Waals surface area contributed by atoms with Gasteiger partial charge in [-0.2, -0.15) is 0 Å². The number of rotatable bonds is 6. The number of ether oxygens (including phenoxy) is 1. The van der Waals surface area contributed by atoms with Crippen LogP contribution >= 0.6 is 0 Å². The predicted molar refractivity (Wildman–Crippen MR) is 94.1 cm³/mol. The maximum absolute atomic E-state index is 12.3. The van der Waals surface area contributed by atoms with Crippen LogP contribution in [0.1, 0.15) is 26.7 Å². The van der Waals surface area contributed by atoms with E-state index in [1.807, 2.05) is 29.2 Å². The number of piperazine rings is 1. The second kappa shape index (κ2) is 8.77. The molecule has 1 aliphatic heterocycles. The van der Waals surface area contributed by atoms with E-state index in [1.54, 1.807) is 7.11 Å². The van der Waals surface area contributed by atoms with Gasteiger partial charge in [-0.05, 0) is 37.4 Å². The molecule has 1 saturated heterocycles. The Hall–Kier alpha value is -1.75. The zero-order chi connectivity index (χ0) is 16.7. The molecule has 1 N–H and O–H groups in total. The van der Waals surface area contributed by atoms with Crippen molar-refractivity contribution >= 4 is 11.7 Å². The normalized spacial score (nSPS) is 15.7. The molecule has 1 aromatic rings. The van der Waals surface area contributed by atoms with Crippen LogP contribution in [0.2, 0.25) is 0 Å². The van der Waals surface area contributed by atoms with Crippen molar-refractivity contribution in [1.82, 2.24) is 9.80 Å². The summed E-state index contributed by atoms with van der Waals surface area (Å²) >= 11 is 0. The molecule has 5 nitrogen and oxygen atoms in total. The van der Waals surface area contributed by atoms with Crippen LogP contribution in [-0.4, -0.2) is 55.7 Å². The quantitative estimate of drug-likeness (QED) is 0.875.